The molecular weight excluding hydrogens is 282 g/mol. The van der Waals surface area contributed by atoms with Gasteiger partial charge in [-0.1, -0.05) is 29.8 Å². The van der Waals surface area contributed by atoms with E-state index in [-0.39, 0.29) is 6.04 Å². The minimum Gasteiger partial charge on any atom is -0.496 e. The Morgan fingerprint density at radius 1 is 1.05 bits per heavy atom. The molecule has 2 aromatic carbocycles. The Morgan fingerprint density at radius 3 is 2.33 bits per heavy atom. The first-order chi connectivity index (χ1) is 9.97. The summed E-state index contributed by atoms with van der Waals surface area (Å²) in [4.78, 5) is 0. The van der Waals surface area contributed by atoms with E-state index in [1.165, 1.54) is 11.1 Å². The third kappa shape index (κ3) is 3.22. The van der Waals surface area contributed by atoms with Gasteiger partial charge in [-0.2, -0.15) is 0 Å². The van der Waals surface area contributed by atoms with Crippen LogP contribution in [0.4, 0.5) is 0 Å². The summed E-state index contributed by atoms with van der Waals surface area (Å²) >= 11 is 6.45. The first-order valence-corrected chi connectivity index (χ1v) is 7.44. The maximum absolute atomic E-state index is 6.45. The second-order valence-corrected chi connectivity index (χ2v) is 5.85. The number of methoxy groups -OCH3 is 1. The minimum atomic E-state index is 0.00801. The van der Waals surface area contributed by atoms with Crippen molar-refractivity contribution in [3.8, 4) is 5.75 Å². The van der Waals surface area contributed by atoms with Crippen LogP contribution in [0.25, 0.3) is 0 Å². The van der Waals surface area contributed by atoms with E-state index in [1.54, 1.807) is 7.11 Å². The SMILES string of the molecule is CNC(c1ccc(C)cc1Cl)c1c(C)cc(C)cc1OC. The average Bonchev–Trinajstić information content (AvgIpc) is 2.42. The highest BCUT2D eigenvalue weighted by Crippen LogP contribution is 2.36. The lowest BCUT2D eigenvalue weighted by Gasteiger charge is -2.23. The molecule has 0 spiro atoms. The zero-order valence-corrected chi connectivity index (χ0v) is 14.0. The largest absolute Gasteiger partial charge is 0.496 e. The van der Waals surface area contributed by atoms with E-state index < -0.39 is 0 Å². The van der Waals surface area contributed by atoms with Crippen molar-refractivity contribution in [3.63, 3.8) is 0 Å². The molecule has 0 aliphatic heterocycles. The standard InChI is InChI=1S/C18H22ClNO/c1-11-6-7-14(15(19)9-11)18(20-4)17-13(3)8-12(2)10-16(17)21-5/h6-10,18,20H,1-5H3. The van der Waals surface area contributed by atoms with E-state index in [0.717, 1.165) is 27.5 Å². The molecule has 2 rings (SSSR count). The zero-order chi connectivity index (χ0) is 15.6. The van der Waals surface area contributed by atoms with Gasteiger partial charge in [-0.05, 0) is 62.2 Å². The lowest BCUT2D eigenvalue weighted by Crippen LogP contribution is -2.20. The fourth-order valence-electron chi connectivity index (χ4n) is 2.80. The van der Waals surface area contributed by atoms with Crippen molar-refractivity contribution in [2.24, 2.45) is 0 Å². The van der Waals surface area contributed by atoms with Crippen molar-refractivity contribution >= 4 is 11.6 Å². The monoisotopic (exact) mass is 303 g/mol. The van der Waals surface area contributed by atoms with Gasteiger partial charge < -0.3 is 10.1 Å². The number of hydrogen-bond acceptors (Lipinski definition) is 2. The molecule has 0 amide bonds. The van der Waals surface area contributed by atoms with Crippen LogP contribution in [0.2, 0.25) is 5.02 Å². The smallest absolute Gasteiger partial charge is 0.124 e. The number of rotatable bonds is 4. The maximum atomic E-state index is 6.45. The molecule has 0 aliphatic carbocycles. The topological polar surface area (TPSA) is 21.3 Å². The molecule has 0 aliphatic rings. The van der Waals surface area contributed by atoms with Gasteiger partial charge in [0.05, 0.1) is 13.2 Å². The van der Waals surface area contributed by atoms with Crippen LogP contribution in [0.15, 0.2) is 30.3 Å². The summed E-state index contributed by atoms with van der Waals surface area (Å²) in [6.45, 7) is 6.23. The third-order valence-corrected chi connectivity index (χ3v) is 4.08. The van der Waals surface area contributed by atoms with Gasteiger partial charge in [-0.3, -0.25) is 0 Å². The van der Waals surface area contributed by atoms with Crippen LogP contribution >= 0.6 is 11.6 Å². The Bertz CT molecular complexity index is 652. The Balaban J connectivity index is 2.61. The molecule has 1 N–H and O–H groups in total. The van der Waals surface area contributed by atoms with Crippen LogP contribution < -0.4 is 10.1 Å². The molecule has 0 heterocycles. The summed E-state index contributed by atoms with van der Waals surface area (Å²) in [6.07, 6.45) is 0. The van der Waals surface area contributed by atoms with Crippen LogP contribution in [-0.2, 0) is 0 Å². The molecule has 0 radical (unpaired) electrons. The van der Waals surface area contributed by atoms with E-state index in [0.29, 0.717) is 0 Å². The van der Waals surface area contributed by atoms with Crippen LogP contribution in [0.3, 0.4) is 0 Å². The summed E-state index contributed by atoms with van der Waals surface area (Å²) < 4.78 is 5.59. The third-order valence-electron chi connectivity index (χ3n) is 3.76. The molecule has 112 valence electrons. The van der Waals surface area contributed by atoms with Crippen molar-refractivity contribution < 1.29 is 4.74 Å². The Kier molecular flexibility index (Phi) is 4.92. The molecule has 0 aromatic heterocycles. The molecule has 3 heteroatoms. The van der Waals surface area contributed by atoms with E-state index in [2.05, 4.69) is 43.4 Å². The van der Waals surface area contributed by atoms with E-state index in [4.69, 9.17) is 16.3 Å². The molecule has 0 fully saturated rings. The predicted molar refractivity (Wildman–Crippen MR) is 89.6 cm³/mol. The lowest BCUT2D eigenvalue weighted by atomic mass is 9.92. The van der Waals surface area contributed by atoms with Gasteiger partial charge in [-0.15, -0.1) is 0 Å². The molecule has 2 nitrogen and oxygen atoms in total. The molecule has 0 saturated carbocycles. The Hall–Kier alpha value is -1.51. The van der Waals surface area contributed by atoms with E-state index in [1.807, 2.05) is 20.0 Å². The quantitative estimate of drug-likeness (QED) is 0.892. The van der Waals surface area contributed by atoms with Crippen molar-refractivity contribution in [3.05, 3.63) is 63.2 Å². The molecular formula is C18H22ClNO. The number of halogens is 1. The first kappa shape index (κ1) is 15.9. The van der Waals surface area contributed by atoms with Crippen molar-refractivity contribution in [1.82, 2.24) is 5.32 Å². The molecule has 0 bridgehead atoms. The Morgan fingerprint density at radius 2 is 1.76 bits per heavy atom. The molecule has 2 aromatic rings. The summed E-state index contributed by atoms with van der Waals surface area (Å²) in [5.41, 5.74) is 5.75. The fourth-order valence-corrected chi connectivity index (χ4v) is 3.14. The van der Waals surface area contributed by atoms with Crippen molar-refractivity contribution in [2.75, 3.05) is 14.2 Å². The van der Waals surface area contributed by atoms with Crippen molar-refractivity contribution in [2.45, 2.75) is 26.8 Å². The summed E-state index contributed by atoms with van der Waals surface area (Å²) in [5.74, 6) is 0.892. The van der Waals surface area contributed by atoms with Crippen LogP contribution in [-0.4, -0.2) is 14.2 Å². The molecule has 21 heavy (non-hydrogen) atoms. The van der Waals surface area contributed by atoms with Gasteiger partial charge in [0.25, 0.3) is 0 Å². The highest BCUT2D eigenvalue weighted by molar-refractivity contribution is 6.31. The van der Waals surface area contributed by atoms with E-state index in [9.17, 15) is 0 Å². The van der Waals surface area contributed by atoms with Crippen molar-refractivity contribution in [1.29, 1.82) is 0 Å². The molecule has 1 atom stereocenters. The van der Waals surface area contributed by atoms with Crippen LogP contribution in [0.1, 0.15) is 33.9 Å². The van der Waals surface area contributed by atoms with Crippen LogP contribution in [0, 0.1) is 20.8 Å². The average molecular weight is 304 g/mol. The number of nitrogens with one attached hydrogen (secondary N) is 1. The normalized spacial score (nSPS) is 12.3. The number of benzene rings is 2. The number of ether oxygens (including phenoxy) is 1. The highest BCUT2D eigenvalue weighted by atomic mass is 35.5. The van der Waals surface area contributed by atoms with Gasteiger partial charge in [-0.25, -0.2) is 0 Å². The van der Waals surface area contributed by atoms with Gasteiger partial charge in [0.15, 0.2) is 0 Å². The molecule has 1 unspecified atom stereocenters. The second kappa shape index (κ2) is 6.50. The number of hydrogen-bond donors (Lipinski definition) is 1. The fraction of sp³-hybridized carbons (Fsp3) is 0.333. The summed E-state index contributed by atoms with van der Waals surface area (Å²) in [7, 11) is 3.65. The predicted octanol–water partition coefficient (Wildman–Crippen LogP) is 4.58. The van der Waals surface area contributed by atoms with Gasteiger partial charge in [0.2, 0.25) is 0 Å². The lowest BCUT2D eigenvalue weighted by molar-refractivity contribution is 0.404. The number of aryl methyl sites for hydroxylation is 3. The molecule has 0 saturated heterocycles. The maximum Gasteiger partial charge on any atom is 0.124 e. The summed E-state index contributed by atoms with van der Waals surface area (Å²) in [5, 5.41) is 4.14. The summed E-state index contributed by atoms with van der Waals surface area (Å²) in [6, 6.07) is 10.4. The van der Waals surface area contributed by atoms with Crippen LogP contribution in [0.5, 0.6) is 5.75 Å². The van der Waals surface area contributed by atoms with Gasteiger partial charge >= 0.3 is 0 Å². The Labute approximate surface area is 132 Å². The van der Waals surface area contributed by atoms with Gasteiger partial charge in [0, 0.05) is 10.6 Å². The van der Waals surface area contributed by atoms with Gasteiger partial charge in [0.1, 0.15) is 5.75 Å². The highest BCUT2D eigenvalue weighted by Gasteiger charge is 2.21. The second-order valence-electron chi connectivity index (χ2n) is 5.44. The minimum absolute atomic E-state index is 0.00801. The van der Waals surface area contributed by atoms with E-state index >= 15 is 0 Å². The zero-order valence-electron chi connectivity index (χ0n) is 13.3. The first-order valence-electron chi connectivity index (χ1n) is 7.06.